The van der Waals surface area contributed by atoms with Gasteiger partial charge in [0, 0.05) is 6.20 Å². The molecule has 0 amide bonds. The Morgan fingerprint density at radius 3 is 2.47 bits per heavy atom. The summed E-state index contributed by atoms with van der Waals surface area (Å²) in [5, 5.41) is 2.71. The van der Waals surface area contributed by atoms with Gasteiger partial charge in [-0.1, -0.05) is 22.9 Å². The maximum Gasteiger partial charge on any atom is 0.208 e. The lowest BCUT2D eigenvalue weighted by atomic mass is 10.2. The fourth-order valence-corrected chi connectivity index (χ4v) is 3.13. The molecule has 6 heteroatoms. The highest BCUT2D eigenvalue weighted by molar-refractivity contribution is 7.91. The molecule has 0 saturated carbocycles. The molecule has 2 aromatic rings. The molecular weight excluding hydrogens is 264 g/mol. The van der Waals surface area contributed by atoms with Gasteiger partial charge in [0.25, 0.3) is 0 Å². The lowest BCUT2D eigenvalue weighted by Gasteiger charge is -2.07. The molecule has 1 aromatic heterocycles. The fourth-order valence-electron chi connectivity index (χ4n) is 1.69. The average Bonchev–Trinajstić information content (AvgIpc) is 2.40. The molecule has 19 heavy (non-hydrogen) atoms. The maximum absolute atomic E-state index is 12.5. The monoisotopic (exact) mass is 276 g/mol. The van der Waals surface area contributed by atoms with Crippen LogP contribution < -0.4 is 0 Å². The van der Waals surface area contributed by atoms with E-state index in [9.17, 15) is 13.3 Å². The Hall–Kier alpha value is -2.08. The molecule has 0 aliphatic rings. The highest BCUT2D eigenvalue weighted by Gasteiger charge is 2.21. The van der Waals surface area contributed by atoms with E-state index >= 15 is 0 Å². The largest absolute Gasteiger partial charge is 0.258 e. The Balaban J connectivity index is 2.56. The number of pyridine rings is 1. The Kier molecular flexibility index (Phi) is 3.71. The number of nitroso groups, excluding NO2 is 1. The fraction of sp³-hybridized carbons (Fsp3) is 0.154. The van der Waals surface area contributed by atoms with Gasteiger partial charge < -0.3 is 0 Å². The summed E-state index contributed by atoms with van der Waals surface area (Å²) in [4.78, 5) is 14.5. The van der Waals surface area contributed by atoms with Crippen molar-refractivity contribution in [2.45, 2.75) is 23.3 Å². The van der Waals surface area contributed by atoms with Crippen LogP contribution in [0.4, 0.5) is 0 Å². The molecule has 1 aromatic carbocycles. The second kappa shape index (κ2) is 5.27. The van der Waals surface area contributed by atoms with Crippen LogP contribution in [0.15, 0.2) is 57.6 Å². The van der Waals surface area contributed by atoms with E-state index in [0.29, 0.717) is 0 Å². The van der Waals surface area contributed by atoms with Crippen LogP contribution in [0.5, 0.6) is 0 Å². The van der Waals surface area contributed by atoms with Gasteiger partial charge in [-0.3, -0.25) is 4.98 Å². The van der Waals surface area contributed by atoms with Crippen LogP contribution in [0, 0.1) is 11.8 Å². The van der Waals surface area contributed by atoms with Crippen LogP contribution >= 0.6 is 0 Å². The molecule has 0 radical (unpaired) electrons. The Morgan fingerprint density at radius 1 is 1.16 bits per heavy atom. The third-order valence-electron chi connectivity index (χ3n) is 2.68. The summed E-state index contributed by atoms with van der Waals surface area (Å²) in [6, 6.07) is 9.48. The Morgan fingerprint density at radius 2 is 1.84 bits per heavy atom. The second-order valence-electron chi connectivity index (χ2n) is 4.05. The molecule has 0 spiro atoms. The number of aryl methyl sites for hydroxylation is 1. The van der Waals surface area contributed by atoms with Crippen molar-refractivity contribution in [2.75, 3.05) is 0 Å². The molecule has 0 fully saturated rings. The van der Waals surface area contributed by atoms with Gasteiger partial charge >= 0.3 is 0 Å². The van der Waals surface area contributed by atoms with E-state index < -0.39 is 9.84 Å². The lowest BCUT2D eigenvalue weighted by Crippen LogP contribution is -2.06. The van der Waals surface area contributed by atoms with Crippen LogP contribution in [0.3, 0.4) is 0 Å². The van der Waals surface area contributed by atoms with Crippen LogP contribution in [0.1, 0.15) is 11.3 Å². The van der Waals surface area contributed by atoms with Crippen molar-refractivity contribution in [3.05, 3.63) is 58.8 Å². The van der Waals surface area contributed by atoms with E-state index in [4.69, 9.17) is 0 Å². The summed E-state index contributed by atoms with van der Waals surface area (Å²) in [5.74, 6) is 0. The van der Waals surface area contributed by atoms with Crippen molar-refractivity contribution >= 4 is 9.84 Å². The van der Waals surface area contributed by atoms with E-state index in [1.165, 1.54) is 30.5 Å². The van der Waals surface area contributed by atoms with Crippen molar-refractivity contribution in [3.63, 3.8) is 0 Å². The molecule has 0 aliphatic heterocycles. The van der Waals surface area contributed by atoms with Crippen LogP contribution in [-0.2, 0) is 16.4 Å². The molecule has 0 aliphatic carbocycles. The summed E-state index contributed by atoms with van der Waals surface area (Å²) in [7, 11) is -3.67. The van der Waals surface area contributed by atoms with Crippen molar-refractivity contribution in [1.29, 1.82) is 0 Å². The molecule has 98 valence electrons. The minimum atomic E-state index is -3.67. The SMILES string of the molecule is Cc1ccc(S(=O)(=O)c2cccnc2CN=O)cc1. The Labute approximate surface area is 111 Å². The van der Waals surface area contributed by atoms with Crippen molar-refractivity contribution in [3.8, 4) is 0 Å². The molecule has 2 rings (SSSR count). The number of hydrogen-bond donors (Lipinski definition) is 0. The van der Waals surface area contributed by atoms with Crippen molar-refractivity contribution < 1.29 is 8.42 Å². The molecule has 1 heterocycles. The van der Waals surface area contributed by atoms with Crippen molar-refractivity contribution in [1.82, 2.24) is 4.98 Å². The first-order valence-corrected chi connectivity index (χ1v) is 7.09. The van der Waals surface area contributed by atoms with E-state index in [0.717, 1.165) is 5.56 Å². The highest BCUT2D eigenvalue weighted by atomic mass is 32.2. The van der Waals surface area contributed by atoms with Gasteiger partial charge in [-0.2, -0.15) is 4.91 Å². The summed E-state index contributed by atoms with van der Waals surface area (Å²) in [6.07, 6.45) is 1.44. The molecule has 5 nitrogen and oxygen atoms in total. The molecule has 0 N–H and O–H groups in total. The molecule has 0 atom stereocenters. The van der Waals surface area contributed by atoms with Gasteiger partial charge in [-0.15, -0.1) is 0 Å². The zero-order chi connectivity index (χ0) is 13.9. The minimum absolute atomic E-state index is 0.0263. The number of hydrogen-bond acceptors (Lipinski definition) is 5. The molecule has 0 saturated heterocycles. The van der Waals surface area contributed by atoms with Crippen molar-refractivity contribution in [2.24, 2.45) is 5.18 Å². The predicted molar refractivity (Wildman–Crippen MR) is 70.4 cm³/mol. The quantitative estimate of drug-likeness (QED) is 0.804. The summed E-state index contributed by atoms with van der Waals surface area (Å²) >= 11 is 0. The van der Waals surface area contributed by atoms with E-state index in [2.05, 4.69) is 10.2 Å². The number of benzene rings is 1. The van der Waals surface area contributed by atoms with Crippen LogP contribution in [0.2, 0.25) is 0 Å². The minimum Gasteiger partial charge on any atom is -0.258 e. The highest BCUT2D eigenvalue weighted by Crippen LogP contribution is 2.23. The zero-order valence-electron chi connectivity index (χ0n) is 10.3. The van der Waals surface area contributed by atoms with Gasteiger partial charge in [-0.05, 0) is 31.2 Å². The number of sulfone groups is 1. The summed E-state index contributed by atoms with van der Waals surface area (Å²) < 4.78 is 24.9. The summed E-state index contributed by atoms with van der Waals surface area (Å²) in [6.45, 7) is 1.61. The average molecular weight is 276 g/mol. The smallest absolute Gasteiger partial charge is 0.208 e. The standard InChI is InChI=1S/C13H12N2O3S/c1-10-4-6-11(7-5-10)19(17,18)13-3-2-8-14-12(13)9-15-16/h2-8H,9H2,1H3. The zero-order valence-corrected chi connectivity index (χ0v) is 11.1. The normalized spacial score (nSPS) is 11.2. The third-order valence-corrected chi connectivity index (χ3v) is 4.53. The predicted octanol–water partition coefficient (Wildman–Crippen LogP) is 2.49. The second-order valence-corrected chi connectivity index (χ2v) is 5.97. The number of rotatable bonds is 4. The lowest BCUT2D eigenvalue weighted by molar-refractivity contribution is 0.594. The number of nitrogens with zero attached hydrogens (tertiary/aromatic N) is 2. The first kappa shape index (κ1) is 13.4. The van der Waals surface area contributed by atoms with Gasteiger partial charge in [-0.25, -0.2) is 8.42 Å². The van der Waals surface area contributed by atoms with E-state index in [-0.39, 0.29) is 22.0 Å². The first-order valence-electron chi connectivity index (χ1n) is 5.60. The topological polar surface area (TPSA) is 76.5 Å². The molecule has 0 unspecified atom stereocenters. The van der Waals surface area contributed by atoms with Crippen LogP contribution in [0.25, 0.3) is 0 Å². The van der Waals surface area contributed by atoms with Gasteiger partial charge in [0.1, 0.15) is 6.54 Å². The van der Waals surface area contributed by atoms with E-state index in [1.54, 1.807) is 12.1 Å². The van der Waals surface area contributed by atoms with Crippen LogP contribution in [-0.4, -0.2) is 13.4 Å². The molecular formula is C13H12N2O3S. The molecule has 0 bridgehead atoms. The van der Waals surface area contributed by atoms with Gasteiger partial charge in [0.15, 0.2) is 0 Å². The van der Waals surface area contributed by atoms with E-state index in [1.807, 2.05) is 6.92 Å². The van der Waals surface area contributed by atoms with Gasteiger partial charge in [0.2, 0.25) is 9.84 Å². The maximum atomic E-state index is 12.5. The summed E-state index contributed by atoms with van der Waals surface area (Å²) in [5.41, 5.74) is 1.14. The Bertz CT molecular complexity index is 694. The number of aromatic nitrogens is 1. The first-order chi connectivity index (χ1) is 9.05. The third kappa shape index (κ3) is 2.68. The van der Waals surface area contributed by atoms with Gasteiger partial charge in [0.05, 0.1) is 15.5 Å².